The molecule has 1 aromatic heterocycles. The van der Waals surface area contributed by atoms with Crippen LogP contribution in [0.25, 0.3) is 0 Å². The third-order valence-electron chi connectivity index (χ3n) is 2.89. The molecule has 0 radical (unpaired) electrons. The summed E-state index contributed by atoms with van der Waals surface area (Å²) in [6, 6.07) is 7.65. The Labute approximate surface area is 128 Å². The summed E-state index contributed by atoms with van der Waals surface area (Å²) in [5.41, 5.74) is 0.801. The van der Waals surface area contributed by atoms with Crippen molar-refractivity contribution in [2.75, 3.05) is 18.2 Å². The van der Waals surface area contributed by atoms with E-state index in [9.17, 15) is 13.2 Å². The van der Waals surface area contributed by atoms with Crippen molar-refractivity contribution < 1.29 is 17.9 Å². The minimum absolute atomic E-state index is 0.178. The standard InChI is InChI=1S/C14H17N3O4S/c1-10-8-13(17(2)16-10)15-14(18)9-21-11-4-6-12(7-5-11)22(3,19)20/h4-8H,9H2,1-3H3,(H,15,18). The Morgan fingerprint density at radius 3 is 2.45 bits per heavy atom. The highest BCUT2D eigenvalue weighted by molar-refractivity contribution is 7.90. The predicted molar refractivity (Wildman–Crippen MR) is 81.6 cm³/mol. The van der Waals surface area contributed by atoms with Crippen molar-refractivity contribution in [2.45, 2.75) is 11.8 Å². The minimum Gasteiger partial charge on any atom is -0.484 e. The molecule has 0 fully saturated rings. The number of carbonyl (C=O) groups is 1. The first-order chi connectivity index (χ1) is 10.3. The molecule has 2 aromatic rings. The fourth-order valence-corrected chi connectivity index (χ4v) is 2.47. The first-order valence-corrected chi connectivity index (χ1v) is 8.38. The van der Waals surface area contributed by atoms with Gasteiger partial charge in [-0.2, -0.15) is 5.10 Å². The first-order valence-electron chi connectivity index (χ1n) is 6.49. The molecule has 0 atom stereocenters. The lowest BCUT2D eigenvalue weighted by Gasteiger charge is -2.08. The maximum atomic E-state index is 11.8. The normalized spacial score (nSPS) is 11.2. The molecule has 0 spiro atoms. The number of hydrogen-bond donors (Lipinski definition) is 1. The van der Waals surface area contributed by atoms with Gasteiger partial charge in [0.2, 0.25) is 0 Å². The van der Waals surface area contributed by atoms with Gasteiger partial charge in [0.25, 0.3) is 5.91 Å². The number of sulfone groups is 1. The highest BCUT2D eigenvalue weighted by Gasteiger charge is 2.09. The van der Waals surface area contributed by atoms with Crippen LogP contribution < -0.4 is 10.1 Å². The number of benzene rings is 1. The Morgan fingerprint density at radius 2 is 1.95 bits per heavy atom. The largest absolute Gasteiger partial charge is 0.484 e. The summed E-state index contributed by atoms with van der Waals surface area (Å²) in [7, 11) is -1.51. The molecule has 2 rings (SSSR count). The van der Waals surface area contributed by atoms with Crippen LogP contribution in [0.1, 0.15) is 5.69 Å². The predicted octanol–water partition coefficient (Wildman–Crippen LogP) is 1.15. The Kier molecular flexibility index (Phi) is 4.51. The van der Waals surface area contributed by atoms with Gasteiger partial charge >= 0.3 is 0 Å². The quantitative estimate of drug-likeness (QED) is 0.891. The summed E-state index contributed by atoms with van der Waals surface area (Å²) in [6.07, 6.45) is 1.13. The van der Waals surface area contributed by atoms with Gasteiger partial charge in [-0.05, 0) is 31.2 Å². The van der Waals surface area contributed by atoms with Gasteiger partial charge in [0.15, 0.2) is 16.4 Å². The SMILES string of the molecule is Cc1cc(NC(=O)COc2ccc(S(C)(=O)=O)cc2)n(C)n1. The molecule has 0 saturated carbocycles. The van der Waals surface area contributed by atoms with Crippen molar-refractivity contribution in [1.29, 1.82) is 0 Å². The van der Waals surface area contributed by atoms with Crippen LogP contribution in [-0.2, 0) is 21.7 Å². The Hall–Kier alpha value is -2.35. The molecule has 1 amide bonds. The number of rotatable bonds is 5. The van der Waals surface area contributed by atoms with E-state index in [1.807, 2.05) is 6.92 Å². The van der Waals surface area contributed by atoms with E-state index in [1.165, 1.54) is 24.3 Å². The summed E-state index contributed by atoms with van der Waals surface area (Å²) in [5, 5.41) is 6.80. The van der Waals surface area contributed by atoms with E-state index in [-0.39, 0.29) is 17.4 Å². The highest BCUT2D eigenvalue weighted by Crippen LogP contribution is 2.16. The highest BCUT2D eigenvalue weighted by atomic mass is 32.2. The molecule has 1 aromatic carbocycles. The van der Waals surface area contributed by atoms with Crippen molar-refractivity contribution >= 4 is 21.6 Å². The lowest BCUT2D eigenvalue weighted by atomic mass is 10.3. The van der Waals surface area contributed by atoms with Gasteiger partial charge in [-0.1, -0.05) is 0 Å². The zero-order valence-corrected chi connectivity index (χ0v) is 13.3. The lowest BCUT2D eigenvalue weighted by Crippen LogP contribution is -2.21. The van der Waals surface area contributed by atoms with Crippen molar-refractivity contribution in [3.8, 4) is 5.75 Å². The molecule has 22 heavy (non-hydrogen) atoms. The van der Waals surface area contributed by atoms with Crippen molar-refractivity contribution in [2.24, 2.45) is 7.05 Å². The van der Waals surface area contributed by atoms with Gasteiger partial charge in [-0.3, -0.25) is 9.48 Å². The average Bonchev–Trinajstić information content (AvgIpc) is 2.74. The van der Waals surface area contributed by atoms with Crippen LogP contribution in [0, 0.1) is 6.92 Å². The van der Waals surface area contributed by atoms with Crippen LogP contribution in [0.2, 0.25) is 0 Å². The molecule has 7 nitrogen and oxygen atoms in total. The molecular formula is C14H17N3O4S. The molecule has 0 aliphatic carbocycles. The smallest absolute Gasteiger partial charge is 0.263 e. The van der Waals surface area contributed by atoms with Crippen LogP contribution in [0.15, 0.2) is 35.2 Å². The van der Waals surface area contributed by atoms with Crippen LogP contribution in [0.4, 0.5) is 5.82 Å². The van der Waals surface area contributed by atoms with Gasteiger partial charge < -0.3 is 10.1 Å². The second-order valence-electron chi connectivity index (χ2n) is 4.87. The van der Waals surface area contributed by atoms with E-state index in [0.717, 1.165) is 11.9 Å². The van der Waals surface area contributed by atoms with Crippen LogP contribution in [-0.4, -0.2) is 37.0 Å². The summed E-state index contributed by atoms with van der Waals surface area (Å²) in [4.78, 5) is 12.0. The van der Waals surface area contributed by atoms with E-state index in [0.29, 0.717) is 11.6 Å². The first kappa shape index (κ1) is 16.0. The number of anilines is 1. The van der Waals surface area contributed by atoms with Gasteiger partial charge in [0.1, 0.15) is 11.6 Å². The van der Waals surface area contributed by atoms with Crippen molar-refractivity contribution in [1.82, 2.24) is 9.78 Å². The molecule has 0 aliphatic rings. The van der Waals surface area contributed by atoms with Crippen molar-refractivity contribution in [3.05, 3.63) is 36.0 Å². The topological polar surface area (TPSA) is 90.3 Å². The number of nitrogens with one attached hydrogen (secondary N) is 1. The molecule has 0 bridgehead atoms. The second-order valence-corrected chi connectivity index (χ2v) is 6.89. The monoisotopic (exact) mass is 323 g/mol. The molecule has 0 aliphatic heterocycles. The molecular weight excluding hydrogens is 306 g/mol. The molecule has 8 heteroatoms. The van der Waals surface area contributed by atoms with Gasteiger partial charge in [0, 0.05) is 19.4 Å². The number of amides is 1. The molecule has 1 N–H and O–H groups in total. The fourth-order valence-electron chi connectivity index (χ4n) is 1.84. The maximum Gasteiger partial charge on any atom is 0.263 e. The molecule has 0 saturated heterocycles. The van der Waals surface area contributed by atoms with E-state index in [4.69, 9.17) is 4.74 Å². The number of hydrogen-bond acceptors (Lipinski definition) is 5. The van der Waals surface area contributed by atoms with Gasteiger partial charge in [-0.25, -0.2) is 8.42 Å². The molecule has 0 unspecified atom stereocenters. The lowest BCUT2D eigenvalue weighted by molar-refractivity contribution is -0.118. The molecule has 1 heterocycles. The second kappa shape index (κ2) is 6.18. The Morgan fingerprint density at radius 1 is 1.32 bits per heavy atom. The Bertz CT molecular complexity index is 779. The Balaban J connectivity index is 1.92. The zero-order valence-electron chi connectivity index (χ0n) is 12.5. The number of nitrogens with zero attached hydrogens (tertiary/aromatic N) is 2. The zero-order chi connectivity index (χ0) is 16.3. The third-order valence-corrected chi connectivity index (χ3v) is 4.02. The van der Waals surface area contributed by atoms with Gasteiger partial charge in [0.05, 0.1) is 10.6 Å². The van der Waals surface area contributed by atoms with Gasteiger partial charge in [-0.15, -0.1) is 0 Å². The summed E-state index contributed by atoms with van der Waals surface area (Å²) in [5.74, 6) is 0.678. The minimum atomic E-state index is -3.24. The van der Waals surface area contributed by atoms with E-state index >= 15 is 0 Å². The van der Waals surface area contributed by atoms with E-state index in [2.05, 4.69) is 10.4 Å². The maximum absolute atomic E-state index is 11.8. The van der Waals surface area contributed by atoms with E-state index < -0.39 is 9.84 Å². The number of aromatic nitrogens is 2. The summed E-state index contributed by atoms with van der Waals surface area (Å²) < 4.78 is 29.5. The summed E-state index contributed by atoms with van der Waals surface area (Å²) in [6.45, 7) is 1.65. The van der Waals surface area contributed by atoms with Crippen LogP contribution in [0.5, 0.6) is 5.75 Å². The third kappa shape index (κ3) is 4.08. The number of carbonyl (C=O) groups excluding carboxylic acids is 1. The van der Waals surface area contributed by atoms with Crippen molar-refractivity contribution in [3.63, 3.8) is 0 Å². The van der Waals surface area contributed by atoms with Crippen LogP contribution in [0.3, 0.4) is 0 Å². The number of aryl methyl sites for hydroxylation is 2. The van der Waals surface area contributed by atoms with E-state index in [1.54, 1.807) is 17.8 Å². The molecule has 118 valence electrons. The van der Waals surface area contributed by atoms with Crippen LogP contribution >= 0.6 is 0 Å². The number of ether oxygens (including phenoxy) is 1. The fraction of sp³-hybridized carbons (Fsp3) is 0.286. The summed E-state index contributed by atoms with van der Waals surface area (Å²) >= 11 is 0. The average molecular weight is 323 g/mol.